The third-order valence-electron chi connectivity index (χ3n) is 3.99. The van der Waals surface area contributed by atoms with E-state index < -0.39 is 0 Å². The van der Waals surface area contributed by atoms with Gasteiger partial charge in [-0.2, -0.15) is 0 Å². The second-order valence-electron chi connectivity index (χ2n) is 5.55. The Morgan fingerprint density at radius 3 is 2.05 bits per heavy atom. The van der Waals surface area contributed by atoms with Gasteiger partial charge < -0.3 is 0 Å². The number of unbranched alkanes of at least 4 members (excludes halogenated alkanes) is 5. The third-order valence-corrected chi connectivity index (χ3v) is 3.99. The molecule has 0 aromatic heterocycles. The molecule has 1 aliphatic carbocycles. The smallest absolute Gasteiger partial charge is 0.189 e. The molecule has 110 valence electrons. The third kappa shape index (κ3) is 4.03. The molecule has 0 saturated carbocycles. The van der Waals surface area contributed by atoms with Crippen molar-refractivity contribution in [2.24, 2.45) is 0 Å². The Morgan fingerprint density at radius 2 is 1.40 bits per heavy atom. The molecule has 20 heavy (non-hydrogen) atoms. The van der Waals surface area contributed by atoms with Crippen LogP contribution in [-0.4, -0.2) is 11.6 Å². The van der Waals surface area contributed by atoms with E-state index in [9.17, 15) is 9.59 Å². The number of rotatable bonds is 7. The molecule has 1 aliphatic rings. The minimum absolute atomic E-state index is 0.00170. The van der Waals surface area contributed by atoms with Crippen LogP contribution in [-0.2, 0) is 9.59 Å². The molecule has 0 atom stereocenters. The first-order chi connectivity index (χ1) is 9.50. The highest BCUT2D eigenvalue weighted by Crippen LogP contribution is 2.25. The summed E-state index contributed by atoms with van der Waals surface area (Å²) in [5, 5.41) is 0. The highest BCUT2D eigenvalue weighted by atomic mass is 16.1. The molecule has 0 N–H and O–H groups in total. The highest BCUT2D eigenvalue weighted by Gasteiger charge is 2.25. The summed E-state index contributed by atoms with van der Waals surface area (Å²) in [6, 6.07) is 0. The Labute approximate surface area is 122 Å². The van der Waals surface area contributed by atoms with Crippen LogP contribution in [0, 0.1) is 0 Å². The number of ketones is 2. The summed E-state index contributed by atoms with van der Waals surface area (Å²) >= 11 is 0. The van der Waals surface area contributed by atoms with Crippen molar-refractivity contribution in [2.75, 3.05) is 0 Å². The van der Waals surface area contributed by atoms with Gasteiger partial charge in [0, 0.05) is 22.3 Å². The zero-order valence-corrected chi connectivity index (χ0v) is 13.2. The van der Waals surface area contributed by atoms with Crippen molar-refractivity contribution in [3.63, 3.8) is 0 Å². The van der Waals surface area contributed by atoms with E-state index in [1.54, 1.807) is 20.8 Å². The topological polar surface area (TPSA) is 34.1 Å². The van der Waals surface area contributed by atoms with Crippen LogP contribution in [0.1, 0.15) is 66.2 Å². The van der Waals surface area contributed by atoms with Crippen LogP contribution >= 0.6 is 0 Å². The van der Waals surface area contributed by atoms with Gasteiger partial charge in [0.1, 0.15) is 0 Å². The van der Waals surface area contributed by atoms with E-state index in [2.05, 4.69) is 6.92 Å². The van der Waals surface area contributed by atoms with Crippen molar-refractivity contribution >= 4 is 11.6 Å². The molecule has 0 fully saturated rings. The van der Waals surface area contributed by atoms with Crippen LogP contribution in [0.3, 0.4) is 0 Å². The minimum Gasteiger partial charge on any atom is -0.289 e. The van der Waals surface area contributed by atoms with Gasteiger partial charge in [-0.1, -0.05) is 44.8 Å². The van der Waals surface area contributed by atoms with Gasteiger partial charge in [0.25, 0.3) is 0 Å². The van der Waals surface area contributed by atoms with Gasteiger partial charge >= 0.3 is 0 Å². The quantitative estimate of drug-likeness (QED) is 0.498. The molecule has 0 aromatic rings. The van der Waals surface area contributed by atoms with Crippen LogP contribution in [0.25, 0.3) is 0 Å². The van der Waals surface area contributed by atoms with Crippen LogP contribution in [0.5, 0.6) is 0 Å². The minimum atomic E-state index is 0.00170. The number of hydrogen-bond donors (Lipinski definition) is 0. The Bertz CT molecular complexity index is 476. The zero-order chi connectivity index (χ0) is 15.1. The van der Waals surface area contributed by atoms with E-state index in [-0.39, 0.29) is 11.6 Å². The number of allylic oxidation sites excluding steroid dienone is 6. The van der Waals surface area contributed by atoms with Crippen LogP contribution < -0.4 is 0 Å². The Morgan fingerprint density at radius 1 is 0.800 bits per heavy atom. The van der Waals surface area contributed by atoms with Crippen LogP contribution in [0.15, 0.2) is 34.4 Å². The maximum atomic E-state index is 12.2. The normalized spacial score (nSPS) is 16.8. The summed E-state index contributed by atoms with van der Waals surface area (Å²) in [6.45, 7) is 7.42. The van der Waals surface area contributed by atoms with Crippen molar-refractivity contribution in [3.8, 4) is 0 Å². The van der Waals surface area contributed by atoms with Gasteiger partial charge in [-0.05, 0) is 33.6 Å². The SMILES string of the molecule is CCCCCCCC=CC1=C(C)C(=O)C(C)=C(C)C1=O. The van der Waals surface area contributed by atoms with E-state index in [1.165, 1.54) is 25.7 Å². The van der Waals surface area contributed by atoms with E-state index >= 15 is 0 Å². The lowest BCUT2D eigenvalue weighted by atomic mass is 9.86. The average molecular weight is 274 g/mol. The Kier molecular flexibility index (Phi) is 6.63. The molecule has 0 aliphatic heterocycles. The second-order valence-corrected chi connectivity index (χ2v) is 5.55. The number of carbonyl (C=O) groups is 2. The van der Waals surface area contributed by atoms with E-state index in [1.807, 2.05) is 12.2 Å². The molecule has 0 aromatic carbocycles. The van der Waals surface area contributed by atoms with Crippen molar-refractivity contribution in [3.05, 3.63) is 34.4 Å². The Hall–Kier alpha value is -1.44. The summed E-state index contributed by atoms with van der Waals surface area (Å²) in [4.78, 5) is 24.2. The number of Topliss-reactive ketones (excluding diaryl/α,β-unsaturated/α-hetero) is 2. The Balaban J connectivity index is 2.59. The van der Waals surface area contributed by atoms with Gasteiger partial charge in [-0.15, -0.1) is 0 Å². The summed E-state index contributed by atoms with van der Waals surface area (Å²) in [5.41, 5.74) is 2.33. The zero-order valence-electron chi connectivity index (χ0n) is 13.2. The predicted octanol–water partition coefficient (Wildman–Crippen LogP) is 4.71. The van der Waals surface area contributed by atoms with Crippen LogP contribution in [0.2, 0.25) is 0 Å². The molecule has 0 heterocycles. The van der Waals surface area contributed by atoms with Crippen molar-refractivity contribution in [2.45, 2.75) is 66.2 Å². The molecule has 2 heteroatoms. The lowest BCUT2D eigenvalue weighted by molar-refractivity contribution is -0.116. The first-order valence-electron chi connectivity index (χ1n) is 7.65. The lowest BCUT2D eigenvalue weighted by Crippen LogP contribution is -2.19. The molecular weight excluding hydrogens is 248 g/mol. The van der Waals surface area contributed by atoms with Crippen molar-refractivity contribution in [1.29, 1.82) is 0 Å². The largest absolute Gasteiger partial charge is 0.289 e. The maximum Gasteiger partial charge on any atom is 0.189 e. The first kappa shape index (κ1) is 16.6. The molecule has 1 rings (SSSR count). The molecule has 0 saturated heterocycles. The average Bonchev–Trinajstić information content (AvgIpc) is 2.45. The van der Waals surface area contributed by atoms with E-state index in [0.29, 0.717) is 22.3 Å². The molecule has 0 bridgehead atoms. The monoisotopic (exact) mass is 274 g/mol. The first-order valence-corrected chi connectivity index (χ1v) is 7.65. The van der Waals surface area contributed by atoms with Crippen molar-refractivity contribution in [1.82, 2.24) is 0 Å². The summed E-state index contributed by atoms with van der Waals surface area (Å²) in [7, 11) is 0. The highest BCUT2D eigenvalue weighted by molar-refractivity contribution is 6.25. The molecule has 0 spiro atoms. The standard InChI is InChI=1S/C18H26O2/c1-5-6-7-8-9-10-11-12-16-15(4)17(19)13(2)14(3)18(16)20/h11-12H,5-10H2,1-4H3. The number of carbonyl (C=O) groups excluding carboxylic acids is 2. The van der Waals surface area contributed by atoms with Gasteiger partial charge in [-0.25, -0.2) is 0 Å². The molecular formula is C18H26O2. The lowest BCUT2D eigenvalue weighted by Gasteiger charge is -2.16. The van der Waals surface area contributed by atoms with Gasteiger partial charge in [0.15, 0.2) is 11.6 Å². The fraction of sp³-hybridized carbons (Fsp3) is 0.556. The van der Waals surface area contributed by atoms with Crippen LogP contribution in [0.4, 0.5) is 0 Å². The fourth-order valence-corrected chi connectivity index (χ4v) is 2.38. The molecule has 0 amide bonds. The molecule has 0 radical (unpaired) electrons. The van der Waals surface area contributed by atoms with E-state index in [0.717, 1.165) is 12.8 Å². The van der Waals surface area contributed by atoms with E-state index in [4.69, 9.17) is 0 Å². The number of hydrogen-bond acceptors (Lipinski definition) is 2. The second kappa shape index (κ2) is 7.98. The van der Waals surface area contributed by atoms with Gasteiger partial charge in [0.2, 0.25) is 0 Å². The predicted molar refractivity (Wildman–Crippen MR) is 83.6 cm³/mol. The molecule has 2 nitrogen and oxygen atoms in total. The molecule has 0 unspecified atom stereocenters. The summed E-state index contributed by atoms with van der Waals surface area (Å²) in [6.07, 6.45) is 11.1. The fourth-order valence-electron chi connectivity index (χ4n) is 2.38. The van der Waals surface area contributed by atoms with Gasteiger partial charge in [0.05, 0.1) is 0 Å². The maximum absolute atomic E-state index is 12.2. The summed E-state index contributed by atoms with van der Waals surface area (Å²) in [5.74, 6) is 0.00605. The summed E-state index contributed by atoms with van der Waals surface area (Å²) < 4.78 is 0. The van der Waals surface area contributed by atoms with Crippen molar-refractivity contribution < 1.29 is 9.59 Å². The van der Waals surface area contributed by atoms with Gasteiger partial charge in [-0.3, -0.25) is 9.59 Å².